The van der Waals surface area contributed by atoms with Crippen molar-refractivity contribution in [2.24, 2.45) is 17.6 Å². The summed E-state index contributed by atoms with van der Waals surface area (Å²) in [7, 11) is 0. The fraction of sp³-hybridized carbons (Fsp3) is 1.00. The number of nitrogens with two attached hydrogens (primary N) is 1. The summed E-state index contributed by atoms with van der Waals surface area (Å²) in [6, 6.07) is 0.494. The summed E-state index contributed by atoms with van der Waals surface area (Å²) in [5, 5.41) is 0. The third-order valence-electron chi connectivity index (χ3n) is 4.85. The van der Waals surface area contributed by atoms with Crippen LogP contribution in [-0.2, 0) is 0 Å². The van der Waals surface area contributed by atoms with Crippen LogP contribution in [0.15, 0.2) is 0 Å². The fourth-order valence-electron chi connectivity index (χ4n) is 3.44. The Balaban J connectivity index is 2.09. The van der Waals surface area contributed by atoms with Gasteiger partial charge in [-0.15, -0.1) is 0 Å². The van der Waals surface area contributed by atoms with Crippen molar-refractivity contribution in [2.75, 3.05) is 0 Å². The molecular weight excluding hydrogens is 218 g/mol. The molecule has 1 atom stereocenters. The molecule has 0 aromatic heterocycles. The minimum absolute atomic E-state index is 0.494. The first-order valence-electron chi connectivity index (χ1n) is 8.53. The molecule has 18 heavy (non-hydrogen) atoms. The van der Waals surface area contributed by atoms with Gasteiger partial charge in [-0.25, -0.2) is 0 Å². The quantitative estimate of drug-likeness (QED) is 0.556. The maximum absolute atomic E-state index is 6.38. The van der Waals surface area contributed by atoms with Crippen LogP contribution in [0.3, 0.4) is 0 Å². The van der Waals surface area contributed by atoms with E-state index in [0.29, 0.717) is 6.04 Å². The summed E-state index contributed by atoms with van der Waals surface area (Å²) in [5.74, 6) is 1.86. The third kappa shape index (κ3) is 6.22. The van der Waals surface area contributed by atoms with Gasteiger partial charge in [0.05, 0.1) is 0 Å². The van der Waals surface area contributed by atoms with Gasteiger partial charge in [-0.3, -0.25) is 0 Å². The maximum Gasteiger partial charge on any atom is 0.00671 e. The molecule has 1 unspecified atom stereocenters. The monoisotopic (exact) mass is 253 g/mol. The van der Waals surface area contributed by atoms with Crippen LogP contribution in [0.5, 0.6) is 0 Å². The zero-order valence-electron chi connectivity index (χ0n) is 12.8. The third-order valence-corrected chi connectivity index (χ3v) is 4.85. The minimum atomic E-state index is 0.494. The highest BCUT2D eigenvalue weighted by Crippen LogP contribution is 2.34. The smallest absolute Gasteiger partial charge is 0.00671 e. The predicted octanol–water partition coefficient (Wildman–Crippen LogP) is 5.28. The molecule has 0 aromatic carbocycles. The van der Waals surface area contributed by atoms with Crippen molar-refractivity contribution in [3.05, 3.63) is 0 Å². The average Bonchev–Trinajstić information content (AvgIpc) is 2.41. The Hall–Kier alpha value is -0.0400. The van der Waals surface area contributed by atoms with Gasteiger partial charge in [-0.2, -0.15) is 0 Å². The summed E-state index contributed by atoms with van der Waals surface area (Å²) in [6.07, 6.45) is 16.7. The van der Waals surface area contributed by atoms with Crippen LogP contribution in [0.25, 0.3) is 0 Å². The van der Waals surface area contributed by atoms with Crippen LogP contribution < -0.4 is 5.73 Å². The zero-order valence-corrected chi connectivity index (χ0v) is 12.8. The van der Waals surface area contributed by atoms with Crippen molar-refractivity contribution >= 4 is 0 Å². The molecule has 1 heteroatoms. The van der Waals surface area contributed by atoms with Crippen molar-refractivity contribution in [3.8, 4) is 0 Å². The van der Waals surface area contributed by atoms with Crippen LogP contribution >= 0.6 is 0 Å². The largest absolute Gasteiger partial charge is 0.327 e. The van der Waals surface area contributed by atoms with Gasteiger partial charge in [0.15, 0.2) is 0 Å². The predicted molar refractivity (Wildman–Crippen MR) is 81.7 cm³/mol. The van der Waals surface area contributed by atoms with E-state index in [0.717, 1.165) is 11.8 Å². The lowest BCUT2D eigenvalue weighted by molar-refractivity contribution is 0.224. The second-order valence-corrected chi connectivity index (χ2v) is 6.44. The van der Waals surface area contributed by atoms with Crippen molar-refractivity contribution in [1.82, 2.24) is 0 Å². The Morgan fingerprint density at radius 2 is 1.56 bits per heavy atom. The number of unbranched alkanes of at least 4 members (excludes halogenated alkanes) is 4. The van der Waals surface area contributed by atoms with Gasteiger partial charge in [0.2, 0.25) is 0 Å². The lowest BCUT2D eigenvalue weighted by atomic mass is 9.76. The molecule has 1 aliphatic carbocycles. The molecule has 0 radical (unpaired) electrons. The molecule has 1 rings (SSSR count). The molecule has 1 saturated carbocycles. The lowest BCUT2D eigenvalue weighted by Crippen LogP contribution is -2.33. The van der Waals surface area contributed by atoms with Gasteiger partial charge in [0, 0.05) is 6.04 Å². The van der Waals surface area contributed by atoms with Gasteiger partial charge >= 0.3 is 0 Å². The van der Waals surface area contributed by atoms with E-state index in [1.54, 1.807) is 0 Å². The Morgan fingerprint density at radius 1 is 0.889 bits per heavy atom. The first-order chi connectivity index (χ1) is 8.77. The molecule has 2 N–H and O–H groups in total. The molecule has 0 spiro atoms. The van der Waals surface area contributed by atoms with Gasteiger partial charge in [0.1, 0.15) is 0 Å². The summed E-state index contributed by atoms with van der Waals surface area (Å²) < 4.78 is 0. The summed E-state index contributed by atoms with van der Waals surface area (Å²) in [5.41, 5.74) is 6.38. The fourth-order valence-corrected chi connectivity index (χ4v) is 3.44. The number of hydrogen-bond donors (Lipinski definition) is 1. The van der Waals surface area contributed by atoms with Gasteiger partial charge < -0.3 is 5.73 Å². The first-order valence-corrected chi connectivity index (χ1v) is 8.53. The van der Waals surface area contributed by atoms with E-state index in [-0.39, 0.29) is 0 Å². The first kappa shape index (κ1) is 16.0. The molecule has 0 aliphatic heterocycles. The highest BCUT2D eigenvalue weighted by atomic mass is 14.6. The molecule has 0 amide bonds. The maximum atomic E-state index is 6.38. The van der Waals surface area contributed by atoms with Crippen LogP contribution in [0.4, 0.5) is 0 Å². The van der Waals surface area contributed by atoms with Crippen LogP contribution in [-0.4, -0.2) is 6.04 Å². The van der Waals surface area contributed by atoms with Gasteiger partial charge in [0.25, 0.3) is 0 Å². The molecule has 1 aliphatic rings. The molecule has 108 valence electrons. The van der Waals surface area contributed by atoms with Crippen LogP contribution in [0, 0.1) is 11.8 Å². The highest BCUT2D eigenvalue weighted by Gasteiger charge is 2.24. The number of hydrogen-bond acceptors (Lipinski definition) is 1. The van der Waals surface area contributed by atoms with Crippen molar-refractivity contribution in [1.29, 1.82) is 0 Å². The number of rotatable bonds is 9. The standard InChI is InChI=1S/C17H35N/c1-3-5-7-8-10-17(18)16-13-11-15(12-14-16)9-6-4-2/h15-17H,3-14,18H2,1-2H3. The van der Waals surface area contributed by atoms with Gasteiger partial charge in [-0.1, -0.05) is 71.6 Å². The average molecular weight is 253 g/mol. The molecule has 0 bridgehead atoms. The van der Waals surface area contributed by atoms with Gasteiger partial charge in [-0.05, 0) is 31.1 Å². The van der Waals surface area contributed by atoms with Crippen molar-refractivity contribution in [3.63, 3.8) is 0 Å². The summed E-state index contributed by atoms with van der Waals surface area (Å²) in [6.45, 7) is 4.58. The SMILES string of the molecule is CCCCCCC(N)C1CCC(CCCC)CC1. The van der Waals surface area contributed by atoms with Crippen LogP contribution in [0.2, 0.25) is 0 Å². The van der Waals surface area contributed by atoms with E-state index in [1.165, 1.54) is 77.0 Å². The highest BCUT2D eigenvalue weighted by molar-refractivity contribution is 4.79. The van der Waals surface area contributed by atoms with E-state index in [1.807, 2.05) is 0 Å². The van der Waals surface area contributed by atoms with E-state index in [2.05, 4.69) is 13.8 Å². The van der Waals surface area contributed by atoms with E-state index in [9.17, 15) is 0 Å². The Morgan fingerprint density at radius 3 is 2.17 bits per heavy atom. The van der Waals surface area contributed by atoms with Crippen molar-refractivity contribution in [2.45, 2.75) is 96.9 Å². The second-order valence-electron chi connectivity index (χ2n) is 6.44. The zero-order chi connectivity index (χ0) is 13.2. The topological polar surface area (TPSA) is 26.0 Å². The lowest BCUT2D eigenvalue weighted by Gasteiger charge is -2.32. The minimum Gasteiger partial charge on any atom is -0.327 e. The molecule has 1 nitrogen and oxygen atoms in total. The van der Waals surface area contributed by atoms with E-state index in [4.69, 9.17) is 5.73 Å². The summed E-state index contributed by atoms with van der Waals surface area (Å²) in [4.78, 5) is 0. The Kier molecular flexibility index (Phi) is 8.75. The molecule has 1 fully saturated rings. The van der Waals surface area contributed by atoms with Crippen LogP contribution in [0.1, 0.15) is 90.9 Å². The van der Waals surface area contributed by atoms with E-state index < -0.39 is 0 Å². The summed E-state index contributed by atoms with van der Waals surface area (Å²) >= 11 is 0. The second kappa shape index (κ2) is 9.83. The van der Waals surface area contributed by atoms with Crippen molar-refractivity contribution < 1.29 is 0 Å². The molecule has 0 aromatic rings. The van der Waals surface area contributed by atoms with E-state index >= 15 is 0 Å². The Labute approximate surface area is 115 Å². The molecular formula is C17H35N. The molecule has 0 saturated heterocycles. The molecule has 0 heterocycles. The normalized spacial score (nSPS) is 26.2. The Bertz CT molecular complexity index is 182.